The summed E-state index contributed by atoms with van der Waals surface area (Å²) in [5.41, 5.74) is 0. The zero-order valence-electron chi connectivity index (χ0n) is 36.9. The zero-order chi connectivity index (χ0) is 52.0. The normalized spacial score (nSPS) is 52.5. The first-order valence-corrected chi connectivity index (χ1v) is 24.1. The first kappa shape index (κ1) is 57.7. The van der Waals surface area contributed by atoms with Gasteiger partial charge < -0.3 is 158 Å². The molecule has 0 aromatic heterocycles. The lowest BCUT2D eigenvalue weighted by Crippen LogP contribution is -2.69. The van der Waals surface area contributed by atoms with E-state index in [2.05, 4.69) is 0 Å². The highest BCUT2D eigenvalue weighted by Gasteiger charge is 2.59. The van der Waals surface area contributed by atoms with Gasteiger partial charge in [0.2, 0.25) is 0 Å². The monoisotopic (exact) mass is 1070 g/mol. The molecule has 22 heterocycles. The van der Waals surface area contributed by atoms with Crippen molar-refractivity contribution in [1.82, 2.24) is 0 Å². The Kier molecular flexibility index (Phi) is 19.6. The number of rotatable bonds is 9. The van der Waals surface area contributed by atoms with Crippen molar-refractivity contribution >= 4 is 7.60 Å². The van der Waals surface area contributed by atoms with Gasteiger partial charge in [-0.05, 0) is 0 Å². The van der Waals surface area contributed by atoms with Gasteiger partial charge in [0.15, 0.2) is 37.7 Å². The summed E-state index contributed by atoms with van der Waals surface area (Å²) < 4.78 is 85.6. The van der Waals surface area contributed by atoms with Gasteiger partial charge in [-0.2, -0.15) is 0 Å². The number of hydrogen-bond acceptors (Lipinski definition) is 31. The quantitative estimate of drug-likeness (QED) is 0.0954. The Hall–Kier alpha value is -1.05. The zero-order valence-corrected chi connectivity index (χ0v) is 37.8. The second kappa shape index (κ2) is 24.1. The third-order valence-corrected chi connectivity index (χ3v) is 13.6. The lowest BCUT2D eigenvalue weighted by atomic mass is 9.94. The first-order chi connectivity index (χ1) is 33.6. The fraction of sp³-hybridized carbons (Fsp3) is 1.00. The smallest absolute Gasteiger partial charge is 0.350 e. The van der Waals surface area contributed by atoms with Gasteiger partial charge in [-0.3, -0.25) is 4.57 Å². The molecular weight excluding hydrogens is 1000 g/mol. The van der Waals surface area contributed by atoms with Crippen LogP contribution < -0.4 is 0 Å². The van der Waals surface area contributed by atoms with Crippen molar-refractivity contribution in [2.24, 2.45) is 0 Å². The van der Waals surface area contributed by atoms with Crippen LogP contribution in [0.2, 0.25) is 0 Å². The molecule has 22 aliphatic heterocycles. The van der Waals surface area contributed by atoms with Crippen LogP contribution in [0.3, 0.4) is 0 Å². The fourth-order valence-corrected chi connectivity index (χ4v) is 9.65. The molecule has 414 valence electrons. The maximum Gasteiger partial charge on any atom is 0.350 e. The van der Waals surface area contributed by atoms with E-state index < -0.39 is 238 Å². The average Bonchev–Trinajstić information content (AvgIpc) is 3.34. The summed E-state index contributed by atoms with van der Waals surface area (Å²) >= 11 is 0. The lowest BCUT2D eigenvalue weighted by molar-refractivity contribution is -0.404. The van der Waals surface area contributed by atoms with Gasteiger partial charge in [-0.1, -0.05) is 0 Å². The molecule has 0 saturated carbocycles. The van der Waals surface area contributed by atoms with E-state index in [1.54, 1.807) is 0 Å². The molecule has 22 saturated heterocycles. The summed E-state index contributed by atoms with van der Waals surface area (Å²) in [6.45, 7) is -6.35. The van der Waals surface area contributed by atoms with Crippen molar-refractivity contribution in [1.29, 1.82) is 0 Å². The van der Waals surface area contributed by atoms with Crippen LogP contribution in [0.5, 0.6) is 0 Å². The van der Waals surface area contributed by atoms with Gasteiger partial charge in [0.05, 0.1) is 39.6 Å². The van der Waals surface area contributed by atoms with Gasteiger partial charge in [-0.25, -0.2) is 0 Å². The molecule has 0 radical (unpaired) electrons. The van der Waals surface area contributed by atoms with Gasteiger partial charge in [0.25, 0.3) is 0 Å². The molecule has 0 aromatic carbocycles. The molecule has 0 amide bonds. The van der Waals surface area contributed by atoms with Crippen molar-refractivity contribution in [3.8, 4) is 0 Å². The standard InChI is InChI=1S/C37H63O33P/c38-1-8-25-14(44)19(49)32(59-8)66-26-9(2-39)61-34(21(51)16(26)46)68-28-11(4-41)63-36(23(53)18(28)48)70-30-13(6-43)64-37(24(54)31(30)58-7-71(55,56)57)69-29-12(5-42)62-35(22(52)17(29)47)67-27-10(3-40)60-33(65-25)20(50)15(27)45/h8-54H,1-7H2,(H2,55,56,57)/t8-,9-,10-,11-,12-,13-,14-,15-,16-,17-,18-,19-,20-,21-,22-,23-,24-,25-,26-,27-,28-,29-,30+,31-,32-,33-,34-,35-,36-,37-/m1/s1. The number of ether oxygens (including phenoxy) is 13. The molecule has 22 fully saturated rings. The molecule has 30 atom stereocenters. The molecule has 71 heavy (non-hydrogen) atoms. The van der Waals surface area contributed by atoms with Crippen LogP contribution in [0.25, 0.3) is 0 Å². The van der Waals surface area contributed by atoms with E-state index >= 15 is 0 Å². The molecule has 19 N–H and O–H groups in total. The van der Waals surface area contributed by atoms with E-state index in [1.807, 2.05) is 0 Å². The van der Waals surface area contributed by atoms with Crippen LogP contribution in [0.15, 0.2) is 0 Å². The molecule has 22 aliphatic rings. The molecule has 0 aromatic rings. The van der Waals surface area contributed by atoms with Crippen LogP contribution in [0.1, 0.15) is 0 Å². The van der Waals surface area contributed by atoms with Crippen LogP contribution in [-0.2, 0) is 66.1 Å². The topological polar surface area (TPSA) is 521 Å². The maximum absolute atomic E-state index is 12.0. The molecule has 0 aliphatic carbocycles. The summed E-state index contributed by atoms with van der Waals surface area (Å²) in [5, 5.41) is 186. The second-order valence-corrected chi connectivity index (χ2v) is 19.4. The predicted octanol–water partition coefficient (Wildman–Crippen LogP) is -12.9. The highest BCUT2D eigenvalue weighted by Crippen LogP contribution is 2.40. The van der Waals surface area contributed by atoms with Crippen molar-refractivity contribution in [3.63, 3.8) is 0 Å². The Labute approximate surface area is 400 Å². The highest BCUT2D eigenvalue weighted by molar-refractivity contribution is 7.51. The van der Waals surface area contributed by atoms with Gasteiger partial charge >= 0.3 is 7.60 Å². The summed E-state index contributed by atoms with van der Waals surface area (Å²) in [7, 11) is -5.10. The lowest BCUT2D eigenvalue weighted by Gasteiger charge is -2.51. The molecule has 0 spiro atoms. The molecule has 12 bridgehead atoms. The number of aliphatic hydroxyl groups excluding tert-OH is 17. The summed E-state index contributed by atoms with van der Waals surface area (Å²) in [5.74, 6) is 0. The Morgan fingerprint density at radius 1 is 0.296 bits per heavy atom. The average molecular weight is 1070 g/mol. The summed E-state index contributed by atoms with van der Waals surface area (Å²) in [6, 6.07) is 0. The molecule has 22 rings (SSSR count). The molecular formula is C37H63O33P. The Bertz CT molecular complexity index is 1710. The van der Waals surface area contributed by atoms with Crippen LogP contribution in [-0.4, -0.2) is 327 Å². The predicted molar refractivity (Wildman–Crippen MR) is 212 cm³/mol. The summed E-state index contributed by atoms with van der Waals surface area (Å²) in [6.07, 6.45) is -62.0. The largest absolute Gasteiger partial charge is 0.394 e. The van der Waals surface area contributed by atoms with Gasteiger partial charge in [-0.15, -0.1) is 0 Å². The van der Waals surface area contributed by atoms with E-state index in [4.69, 9.17) is 61.6 Å². The molecule has 0 unspecified atom stereocenters. The minimum Gasteiger partial charge on any atom is -0.394 e. The van der Waals surface area contributed by atoms with E-state index in [1.165, 1.54) is 0 Å². The Morgan fingerprint density at radius 3 is 0.704 bits per heavy atom. The Morgan fingerprint density at radius 2 is 0.493 bits per heavy atom. The first-order valence-electron chi connectivity index (χ1n) is 22.3. The second-order valence-electron chi connectivity index (χ2n) is 17.8. The van der Waals surface area contributed by atoms with Crippen LogP contribution >= 0.6 is 7.60 Å². The van der Waals surface area contributed by atoms with Crippen LogP contribution in [0.4, 0.5) is 0 Å². The molecule has 33 nitrogen and oxygen atoms in total. The Balaban J connectivity index is 1.22. The third-order valence-electron chi connectivity index (χ3n) is 13.1. The van der Waals surface area contributed by atoms with Crippen molar-refractivity contribution in [2.75, 3.05) is 46.0 Å². The van der Waals surface area contributed by atoms with Gasteiger partial charge in [0.1, 0.15) is 153 Å². The SMILES string of the molecule is O=P(O)(O)CO[C@@H]1[C@@H](O)[C@H]2O[C@H]3[C@H](O)[C@@H](O)[C@@H](O[C@H]4[C@H](O)[C@@H](O)[C@@H](O[C@H]5[C@H](O)[C@@H](O)[C@@H](O[C@H]6[C@H](O)[C@@H](O)[C@@H](O[C@H]7[C@H](O)[C@@H](O)[C@@H](O[C@H]1[C@@H](CO)O2)O[C@@H]7CO)O[C@@H]6CO)O[C@@H]5CO)O[C@@H]4CO)O[C@@H]3CO. The van der Waals surface area contributed by atoms with E-state index in [9.17, 15) is 101 Å². The third kappa shape index (κ3) is 11.9. The van der Waals surface area contributed by atoms with Crippen LogP contribution in [0, 0.1) is 0 Å². The van der Waals surface area contributed by atoms with E-state index in [0.717, 1.165) is 0 Å². The van der Waals surface area contributed by atoms with Crippen molar-refractivity contribution in [3.05, 3.63) is 0 Å². The molecule has 34 heteroatoms. The van der Waals surface area contributed by atoms with E-state index in [0.29, 0.717) is 0 Å². The fourth-order valence-electron chi connectivity index (χ4n) is 9.29. The van der Waals surface area contributed by atoms with Crippen molar-refractivity contribution < 1.29 is 163 Å². The highest BCUT2D eigenvalue weighted by atomic mass is 31.2. The van der Waals surface area contributed by atoms with Crippen molar-refractivity contribution in [2.45, 2.75) is 184 Å². The minimum absolute atomic E-state index is 1.02. The minimum atomic E-state index is -5.10. The number of aliphatic hydroxyl groups is 17. The van der Waals surface area contributed by atoms with Gasteiger partial charge in [0, 0.05) is 0 Å². The van der Waals surface area contributed by atoms with E-state index in [-0.39, 0.29) is 0 Å². The summed E-state index contributed by atoms with van der Waals surface area (Å²) in [4.78, 5) is 19.4. The number of hydrogen-bond donors (Lipinski definition) is 19. The maximum atomic E-state index is 12.0.